The molecule has 0 amide bonds. The van der Waals surface area contributed by atoms with Crippen molar-refractivity contribution in [1.29, 1.82) is 0 Å². The SMILES string of the molecule is CC(CCl)(CCl)Cc1cccc(F)c1. The van der Waals surface area contributed by atoms with Crippen LogP contribution in [-0.2, 0) is 6.42 Å². The Bertz CT molecular complexity index is 295. The van der Waals surface area contributed by atoms with Gasteiger partial charge in [0.1, 0.15) is 5.82 Å². The summed E-state index contributed by atoms with van der Waals surface area (Å²) in [6.07, 6.45) is 0.706. The average Bonchev–Trinajstić information content (AvgIpc) is 2.18. The fraction of sp³-hybridized carbons (Fsp3) is 0.455. The summed E-state index contributed by atoms with van der Waals surface area (Å²) < 4.78 is 12.9. The molecule has 0 bridgehead atoms. The Balaban J connectivity index is 2.77. The molecule has 78 valence electrons. The highest BCUT2D eigenvalue weighted by molar-refractivity contribution is 6.21. The molecule has 0 atom stereocenters. The molecule has 1 aromatic rings. The highest BCUT2D eigenvalue weighted by Gasteiger charge is 2.22. The first-order valence-corrected chi connectivity index (χ1v) is 5.53. The molecule has 0 radical (unpaired) electrons. The number of alkyl halides is 2. The Hall–Kier alpha value is -0.270. The summed E-state index contributed by atoms with van der Waals surface area (Å²) in [6.45, 7) is 2.00. The molecule has 0 aliphatic carbocycles. The van der Waals surface area contributed by atoms with E-state index in [9.17, 15) is 4.39 Å². The van der Waals surface area contributed by atoms with Gasteiger partial charge in [0.25, 0.3) is 0 Å². The van der Waals surface area contributed by atoms with E-state index < -0.39 is 0 Å². The van der Waals surface area contributed by atoms with E-state index in [0.29, 0.717) is 18.2 Å². The molecule has 0 fully saturated rings. The minimum atomic E-state index is -0.214. The number of hydrogen-bond acceptors (Lipinski definition) is 0. The van der Waals surface area contributed by atoms with Gasteiger partial charge in [0.05, 0.1) is 0 Å². The number of rotatable bonds is 4. The highest BCUT2D eigenvalue weighted by Crippen LogP contribution is 2.25. The van der Waals surface area contributed by atoms with Gasteiger partial charge in [-0.05, 0) is 29.5 Å². The molecular weight excluding hydrogens is 222 g/mol. The van der Waals surface area contributed by atoms with E-state index in [2.05, 4.69) is 0 Å². The monoisotopic (exact) mass is 234 g/mol. The summed E-state index contributed by atoms with van der Waals surface area (Å²) in [6, 6.07) is 6.55. The van der Waals surface area contributed by atoms with Crippen molar-refractivity contribution in [3.05, 3.63) is 35.6 Å². The lowest BCUT2D eigenvalue weighted by Gasteiger charge is -2.24. The maximum absolute atomic E-state index is 12.9. The predicted octanol–water partition coefficient (Wildman–Crippen LogP) is 3.85. The van der Waals surface area contributed by atoms with Gasteiger partial charge in [0.2, 0.25) is 0 Å². The topological polar surface area (TPSA) is 0 Å². The molecule has 1 aromatic carbocycles. The molecule has 0 nitrogen and oxygen atoms in total. The van der Waals surface area contributed by atoms with Crippen molar-refractivity contribution in [3.63, 3.8) is 0 Å². The van der Waals surface area contributed by atoms with Crippen molar-refractivity contribution in [2.24, 2.45) is 5.41 Å². The Kier molecular flexibility index (Phi) is 4.21. The molecule has 0 N–H and O–H groups in total. The van der Waals surface area contributed by atoms with Crippen molar-refractivity contribution < 1.29 is 4.39 Å². The van der Waals surface area contributed by atoms with Gasteiger partial charge in [0, 0.05) is 11.8 Å². The molecule has 0 aromatic heterocycles. The summed E-state index contributed by atoms with van der Waals surface area (Å²) in [5, 5.41) is 0. The first-order valence-electron chi connectivity index (χ1n) is 4.46. The van der Waals surface area contributed by atoms with E-state index >= 15 is 0 Å². The third-order valence-electron chi connectivity index (χ3n) is 2.17. The van der Waals surface area contributed by atoms with Crippen molar-refractivity contribution in [2.45, 2.75) is 13.3 Å². The zero-order valence-electron chi connectivity index (χ0n) is 8.06. The molecule has 1 rings (SSSR count). The third kappa shape index (κ3) is 3.14. The molecule has 0 saturated heterocycles. The second-order valence-electron chi connectivity index (χ2n) is 3.88. The normalized spacial score (nSPS) is 11.7. The molecule has 3 heteroatoms. The summed E-state index contributed by atoms with van der Waals surface area (Å²) in [4.78, 5) is 0. The molecule has 0 saturated carbocycles. The first kappa shape index (κ1) is 11.8. The summed E-state index contributed by atoms with van der Waals surface area (Å²) in [5.74, 6) is 0.744. The zero-order chi connectivity index (χ0) is 10.6. The third-order valence-corrected chi connectivity index (χ3v) is 3.46. The first-order chi connectivity index (χ1) is 6.59. The lowest BCUT2D eigenvalue weighted by atomic mass is 9.87. The van der Waals surface area contributed by atoms with Crippen LogP contribution in [0.4, 0.5) is 4.39 Å². The van der Waals surface area contributed by atoms with Crippen LogP contribution >= 0.6 is 23.2 Å². The summed E-state index contributed by atoms with van der Waals surface area (Å²) in [7, 11) is 0. The Morgan fingerprint density at radius 3 is 2.43 bits per heavy atom. The van der Waals surface area contributed by atoms with Crippen LogP contribution < -0.4 is 0 Å². The van der Waals surface area contributed by atoms with Crippen LogP contribution in [0.5, 0.6) is 0 Å². The molecule has 0 heterocycles. The van der Waals surface area contributed by atoms with E-state index in [1.807, 2.05) is 13.0 Å². The van der Waals surface area contributed by atoms with Crippen LogP contribution in [0.15, 0.2) is 24.3 Å². The number of halogens is 3. The Morgan fingerprint density at radius 2 is 1.93 bits per heavy atom. The highest BCUT2D eigenvalue weighted by atomic mass is 35.5. The average molecular weight is 235 g/mol. The van der Waals surface area contributed by atoms with Crippen molar-refractivity contribution in [3.8, 4) is 0 Å². The fourth-order valence-corrected chi connectivity index (χ4v) is 1.74. The fourth-order valence-electron chi connectivity index (χ4n) is 1.27. The standard InChI is InChI=1S/C11H13Cl2F/c1-11(7-12,8-13)6-9-3-2-4-10(14)5-9/h2-5H,6-8H2,1H3. The molecule has 0 aliphatic heterocycles. The second-order valence-corrected chi connectivity index (χ2v) is 4.42. The van der Waals surface area contributed by atoms with Gasteiger partial charge < -0.3 is 0 Å². The lowest BCUT2D eigenvalue weighted by Crippen LogP contribution is -2.23. The van der Waals surface area contributed by atoms with Crippen molar-refractivity contribution in [2.75, 3.05) is 11.8 Å². The van der Waals surface area contributed by atoms with E-state index in [0.717, 1.165) is 5.56 Å². The smallest absolute Gasteiger partial charge is 0.123 e. The van der Waals surface area contributed by atoms with Crippen LogP contribution in [0.1, 0.15) is 12.5 Å². The molecule has 0 spiro atoms. The predicted molar refractivity (Wildman–Crippen MR) is 59.7 cm³/mol. The minimum Gasteiger partial charge on any atom is -0.207 e. The molecule has 0 unspecified atom stereocenters. The van der Waals surface area contributed by atoms with Crippen molar-refractivity contribution in [1.82, 2.24) is 0 Å². The Labute approximate surface area is 94.0 Å². The summed E-state index contributed by atoms with van der Waals surface area (Å²) >= 11 is 11.6. The zero-order valence-corrected chi connectivity index (χ0v) is 9.58. The molecule has 0 aliphatic rings. The van der Waals surface area contributed by atoms with Gasteiger partial charge in [0.15, 0.2) is 0 Å². The number of benzene rings is 1. The van der Waals surface area contributed by atoms with Gasteiger partial charge in [-0.3, -0.25) is 0 Å². The summed E-state index contributed by atoms with van der Waals surface area (Å²) in [5.41, 5.74) is 0.783. The van der Waals surface area contributed by atoms with Gasteiger partial charge in [-0.1, -0.05) is 19.1 Å². The maximum atomic E-state index is 12.9. The largest absolute Gasteiger partial charge is 0.207 e. The van der Waals surface area contributed by atoms with E-state index in [-0.39, 0.29) is 11.2 Å². The van der Waals surface area contributed by atoms with Crippen LogP contribution in [0.25, 0.3) is 0 Å². The molecular formula is C11H13Cl2F. The molecule has 14 heavy (non-hydrogen) atoms. The van der Waals surface area contributed by atoms with Gasteiger partial charge in [-0.25, -0.2) is 4.39 Å². The van der Waals surface area contributed by atoms with Gasteiger partial charge in [-0.15, -0.1) is 23.2 Å². The van der Waals surface area contributed by atoms with Crippen LogP contribution in [0, 0.1) is 11.2 Å². The Morgan fingerprint density at radius 1 is 1.29 bits per heavy atom. The second kappa shape index (κ2) is 4.99. The van der Waals surface area contributed by atoms with E-state index in [4.69, 9.17) is 23.2 Å². The van der Waals surface area contributed by atoms with E-state index in [1.54, 1.807) is 6.07 Å². The number of hydrogen-bond donors (Lipinski definition) is 0. The van der Waals surface area contributed by atoms with Gasteiger partial charge in [-0.2, -0.15) is 0 Å². The van der Waals surface area contributed by atoms with Crippen molar-refractivity contribution >= 4 is 23.2 Å². The van der Waals surface area contributed by atoms with Crippen LogP contribution in [0.2, 0.25) is 0 Å². The quantitative estimate of drug-likeness (QED) is 0.695. The minimum absolute atomic E-state index is 0.156. The maximum Gasteiger partial charge on any atom is 0.123 e. The van der Waals surface area contributed by atoms with Crippen LogP contribution in [-0.4, -0.2) is 11.8 Å². The van der Waals surface area contributed by atoms with Crippen LogP contribution in [0.3, 0.4) is 0 Å². The lowest BCUT2D eigenvalue weighted by molar-refractivity contribution is 0.424. The van der Waals surface area contributed by atoms with E-state index in [1.165, 1.54) is 12.1 Å². The van der Waals surface area contributed by atoms with Gasteiger partial charge >= 0.3 is 0 Å².